The van der Waals surface area contributed by atoms with E-state index in [1.54, 1.807) is 0 Å². The molecule has 2 aromatic rings. The predicted molar refractivity (Wildman–Crippen MR) is 52.3 cm³/mol. The first-order valence-corrected chi connectivity index (χ1v) is 4.59. The molecule has 1 aromatic heterocycles. The second kappa shape index (κ2) is 4.04. The van der Waals surface area contributed by atoms with Crippen LogP contribution >= 0.6 is 0 Å². The van der Waals surface area contributed by atoms with Crippen molar-refractivity contribution in [2.24, 2.45) is 0 Å². The van der Waals surface area contributed by atoms with Crippen molar-refractivity contribution in [1.82, 2.24) is 4.98 Å². The average molecular weight is 241 g/mol. The highest BCUT2D eigenvalue weighted by atomic mass is 19.4. The number of hydrogen-bond acceptors (Lipinski definition) is 3. The number of nitrogens with zero attached hydrogens (tertiary/aromatic N) is 1. The van der Waals surface area contributed by atoms with Gasteiger partial charge in [-0.05, 0) is 24.3 Å². The quantitative estimate of drug-likeness (QED) is 0.758. The molecule has 0 radical (unpaired) electrons. The van der Waals surface area contributed by atoms with Gasteiger partial charge in [-0.25, -0.2) is 4.98 Å². The summed E-state index contributed by atoms with van der Waals surface area (Å²) in [6, 6.07) is 4.34. The van der Waals surface area contributed by atoms with Gasteiger partial charge in [0.1, 0.15) is 0 Å². The van der Waals surface area contributed by atoms with Gasteiger partial charge >= 0.3 is 6.18 Å². The Morgan fingerprint density at radius 2 is 1.82 bits per heavy atom. The van der Waals surface area contributed by atoms with E-state index < -0.39 is 11.7 Å². The van der Waals surface area contributed by atoms with Gasteiger partial charge in [-0.1, -0.05) is 0 Å². The van der Waals surface area contributed by atoms with Gasteiger partial charge in [-0.3, -0.25) is 4.79 Å². The molecule has 0 bridgehead atoms. The minimum atomic E-state index is -4.37. The molecule has 0 aliphatic rings. The Hall–Kier alpha value is -2.11. The van der Waals surface area contributed by atoms with E-state index in [0.29, 0.717) is 11.8 Å². The van der Waals surface area contributed by atoms with Gasteiger partial charge in [0, 0.05) is 5.56 Å². The highest BCUT2D eigenvalue weighted by Gasteiger charge is 2.30. The minimum Gasteiger partial charge on any atom is -0.433 e. The molecule has 0 aliphatic carbocycles. The SMILES string of the molecule is O=Cc1cnc(-c2ccc(C(F)(F)F)cc2)o1. The van der Waals surface area contributed by atoms with Crippen LogP contribution in [0.5, 0.6) is 0 Å². The fourth-order valence-corrected chi connectivity index (χ4v) is 1.28. The van der Waals surface area contributed by atoms with Crippen molar-refractivity contribution in [2.45, 2.75) is 6.18 Å². The van der Waals surface area contributed by atoms with E-state index in [2.05, 4.69) is 4.98 Å². The standard InChI is InChI=1S/C11H6F3NO2/c12-11(13,14)8-3-1-7(2-4-8)10-15-5-9(6-16)17-10/h1-6H. The van der Waals surface area contributed by atoms with Gasteiger partial charge in [0.15, 0.2) is 12.0 Å². The molecule has 0 aliphatic heterocycles. The molecule has 0 spiro atoms. The summed E-state index contributed by atoms with van der Waals surface area (Å²) >= 11 is 0. The fourth-order valence-electron chi connectivity index (χ4n) is 1.28. The highest BCUT2D eigenvalue weighted by molar-refractivity contribution is 5.71. The van der Waals surface area contributed by atoms with Crippen LogP contribution in [0.15, 0.2) is 34.9 Å². The number of aromatic nitrogens is 1. The summed E-state index contributed by atoms with van der Waals surface area (Å²) in [5, 5.41) is 0. The van der Waals surface area contributed by atoms with E-state index >= 15 is 0 Å². The van der Waals surface area contributed by atoms with Crippen LogP contribution in [0.25, 0.3) is 11.5 Å². The number of aldehydes is 1. The van der Waals surface area contributed by atoms with Crippen molar-refractivity contribution >= 4 is 6.29 Å². The summed E-state index contributed by atoms with van der Waals surface area (Å²) in [4.78, 5) is 14.1. The van der Waals surface area contributed by atoms with Gasteiger partial charge < -0.3 is 4.42 Å². The molecule has 0 amide bonds. The van der Waals surface area contributed by atoms with Crippen LogP contribution < -0.4 is 0 Å². The van der Waals surface area contributed by atoms with Crippen LogP contribution in [0.2, 0.25) is 0 Å². The molecule has 0 unspecified atom stereocenters. The highest BCUT2D eigenvalue weighted by Crippen LogP contribution is 2.30. The summed E-state index contributed by atoms with van der Waals surface area (Å²) in [6.07, 6.45) is -2.69. The van der Waals surface area contributed by atoms with Gasteiger partial charge in [-0.15, -0.1) is 0 Å². The van der Waals surface area contributed by atoms with E-state index in [-0.39, 0.29) is 11.7 Å². The third-order valence-corrected chi connectivity index (χ3v) is 2.10. The molecule has 88 valence electrons. The number of benzene rings is 1. The number of carbonyl (C=O) groups is 1. The molecule has 0 saturated carbocycles. The lowest BCUT2D eigenvalue weighted by atomic mass is 10.1. The topological polar surface area (TPSA) is 43.1 Å². The summed E-state index contributed by atoms with van der Waals surface area (Å²) in [6.45, 7) is 0. The number of oxazole rings is 1. The van der Waals surface area contributed by atoms with Crippen LogP contribution in [0.3, 0.4) is 0 Å². The van der Waals surface area contributed by atoms with Crippen molar-refractivity contribution in [3.8, 4) is 11.5 Å². The molecule has 2 rings (SSSR count). The van der Waals surface area contributed by atoms with E-state index in [4.69, 9.17) is 4.42 Å². The molecule has 0 fully saturated rings. The first-order valence-electron chi connectivity index (χ1n) is 4.59. The van der Waals surface area contributed by atoms with Gasteiger partial charge in [0.25, 0.3) is 0 Å². The maximum atomic E-state index is 12.3. The summed E-state index contributed by atoms with van der Waals surface area (Å²) in [5.41, 5.74) is -0.366. The third kappa shape index (κ3) is 2.35. The number of carbonyl (C=O) groups excluding carboxylic acids is 1. The fraction of sp³-hybridized carbons (Fsp3) is 0.0909. The minimum absolute atomic E-state index is 0.0277. The maximum Gasteiger partial charge on any atom is 0.416 e. The zero-order valence-corrected chi connectivity index (χ0v) is 8.36. The van der Waals surface area contributed by atoms with E-state index in [1.165, 1.54) is 18.3 Å². The lowest BCUT2D eigenvalue weighted by Gasteiger charge is -2.05. The van der Waals surface area contributed by atoms with Gasteiger partial charge in [0.05, 0.1) is 11.8 Å². The first-order chi connectivity index (χ1) is 8.00. The van der Waals surface area contributed by atoms with Crippen molar-refractivity contribution in [3.63, 3.8) is 0 Å². The number of alkyl halides is 3. The van der Waals surface area contributed by atoms with Crippen LogP contribution in [0.4, 0.5) is 13.2 Å². The van der Waals surface area contributed by atoms with E-state index in [0.717, 1.165) is 12.1 Å². The van der Waals surface area contributed by atoms with E-state index in [1.807, 2.05) is 0 Å². The summed E-state index contributed by atoms with van der Waals surface area (Å²) < 4.78 is 41.9. The molecule has 1 aromatic carbocycles. The molecule has 0 N–H and O–H groups in total. The third-order valence-electron chi connectivity index (χ3n) is 2.10. The first kappa shape index (κ1) is 11.4. The summed E-state index contributed by atoms with van der Waals surface area (Å²) in [7, 11) is 0. The van der Waals surface area contributed by atoms with Crippen LogP contribution in [0, 0.1) is 0 Å². The molecule has 1 heterocycles. The lowest BCUT2D eigenvalue weighted by Crippen LogP contribution is -2.03. The Labute approximate surface area is 93.9 Å². The Bertz CT molecular complexity index is 528. The predicted octanol–water partition coefficient (Wildman–Crippen LogP) is 3.17. The van der Waals surface area contributed by atoms with Crippen molar-refractivity contribution in [2.75, 3.05) is 0 Å². The van der Waals surface area contributed by atoms with E-state index in [9.17, 15) is 18.0 Å². The molecule has 6 heteroatoms. The molecule has 0 saturated heterocycles. The number of rotatable bonds is 2. The smallest absolute Gasteiger partial charge is 0.416 e. The van der Waals surface area contributed by atoms with Crippen LogP contribution in [-0.4, -0.2) is 11.3 Å². The molecule has 17 heavy (non-hydrogen) atoms. The number of hydrogen-bond donors (Lipinski definition) is 0. The lowest BCUT2D eigenvalue weighted by molar-refractivity contribution is -0.137. The second-order valence-corrected chi connectivity index (χ2v) is 3.26. The Morgan fingerprint density at radius 1 is 1.18 bits per heavy atom. The Balaban J connectivity index is 2.32. The largest absolute Gasteiger partial charge is 0.433 e. The molecule has 3 nitrogen and oxygen atoms in total. The van der Waals surface area contributed by atoms with Gasteiger partial charge in [0.2, 0.25) is 5.89 Å². The second-order valence-electron chi connectivity index (χ2n) is 3.26. The normalized spacial score (nSPS) is 11.5. The Morgan fingerprint density at radius 3 is 2.29 bits per heavy atom. The van der Waals surface area contributed by atoms with Crippen molar-refractivity contribution in [3.05, 3.63) is 41.8 Å². The van der Waals surface area contributed by atoms with Crippen LogP contribution in [0.1, 0.15) is 16.1 Å². The van der Waals surface area contributed by atoms with Crippen LogP contribution in [-0.2, 0) is 6.18 Å². The van der Waals surface area contributed by atoms with Crippen molar-refractivity contribution in [1.29, 1.82) is 0 Å². The molecular weight excluding hydrogens is 235 g/mol. The summed E-state index contributed by atoms with van der Waals surface area (Å²) in [5.74, 6) is 0.140. The monoisotopic (exact) mass is 241 g/mol. The molecule has 0 atom stereocenters. The van der Waals surface area contributed by atoms with Gasteiger partial charge in [-0.2, -0.15) is 13.2 Å². The molecular formula is C11H6F3NO2. The number of halogens is 3. The maximum absolute atomic E-state index is 12.3. The zero-order chi connectivity index (χ0) is 12.5. The average Bonchev–Trinajstić information content (AvgIpc) is 2.76. The van der Waals surface area contributed by atoms with Crippen molar-refractivity contribution < 1.29 is 22.4 Å². The Kier molecular flexibility index (Phi) is 2.71. The zero-order valence-electron chi connectivity index (χ0n) is 8.36.